The maximum absolute atomic E-state index is 12.2. The number of carbonyl (C=O) groups excluding carboxylic acids is 1. The topological polar surface area (TPSA) is 70.1 Å². The third-order valence-corrected chi connectivity index (χ3v) is 3.39. The first kappa shape index (κ1) is 12.3. The number of carboxylic acid groups (broad SMARTS) is 1. The van der Waals surface area contributed by atoms with Gasteiger partial charge in [0.1, 0.15) is 0 Å². The second-order valence-corrected chi connectivity index (χ2v) is 4.73. The summed E-state index contributed by atoms with van der Waals surface area (Å²) < 4.78 is 5.10. The minimum absolute atomic E-state index is 0.0209. The Bertz CT molecular complexity index is 321. The molecule has 2 rings (SSSR count). The van der Waals surface area contributed by atoms with E-state index in [9.17, 15) is 9.59 Å². The van der Waals surface area contributed by atoms with Crippen LogP contribution in [0.2, 0.25) is 0 Å². The van der Waals surface area contributed by atoms with Crippen LogP contribution in [0.5, 0.6) is 0 Å². The fourth-order valence-corrected chi connectivity index (χ4v) is 2.39. The second kappa shape index (κ2) is 5.01. The van der Waals surface area contributed by atoms with Crippen molar-refractivity contribution in [1.82, 2.24) is 9.80 Å². The Morgan fingerprint density at radius 2 is 2.06 bits per heavy atom. The first-order chi connectivity index (χ1) is 8.08. The molecule has 2 atom stereocenters. The van der Waals surface area contributed by atoms with Crippen molar-refractivity contribution in [1.29, 1.82) is 0 Å². The van der Waals surface area contributed by atoms with Crippen molar-refractivity contribution >= 4 is 11.9 Å². The SMILES string of the molecule is CN1CCC(C(=O)N2CCOC(C(=O)O)C2)C1. The Morgan fingerprint density at radius 3 is 2.65 bits per heavy atom. The van der Waals surface area contributed by atoms with Crippen LogP contribution in [0.15, 0.2) is 0 Å². The standard InChI is InChI=1S/C11H18N2O4/c1-12-3-2-8(6-12)10(14)13-4-5-17-9(7-13)11(15)16/h8-9H,2-7H2,1H3,(H,15,16). The number of aliphatic carboxylic acids is 1. The highest BCUT2D eigenvalue weighted by Gasteiger charge is 2.34. The molecule has 0 bridgehead atoms. The van der Waals surface area contributed by atoms with Gasteiger partial charge in [0, 0.05) is 13.1 Å². The summed E-state index contributed by atoms with van der Waals surface area (Å²) in [5.74, 6) is -0.900. The first-order valence-electron chi connectivity index (χ1n) is 5.89. The summed E-state index contributed by atoms with van der Waals surface area (Å²) >= 11 is 0. The van der Waals surface area contributed by atoms with Crippen LogP contribution in [0.3, 0.4) is 0 Å². The Labute approximate surface area is 100 Å². The highest BCUT2D eigenvalue weighted by Crippen LogP contribution is 2.18. The second-order valence-electron chi connectivity index (χ2n) is 4.73. The Morgan fingerprint density at radius 1 is 1.29 bits per heavy atom. The highest BCUT2D eigenvalue weighted by atomic mass is 16.5. The van der Waals surface area contributed by atoms with Gasteiger partial charge in [-0.1, -0.05) is 0 Å². The molecule has 0 aromatic carbocycles. The molecule has 17 heavy (non-hydrogen) atoms. The van der Waals surface area contributed by atoms with Crippen LogP contribution >= 0.6 is 0 Å². The van der Waals surface area contributed by atoms with Crippen LogP contribution in [-0.4, -0.2) is 72.7 Å². The Hall–Kier alpha value is -1.14. The molecule has 0 saturated carbocycles. The molecular formula is C11H18N2O4. The van der Waals surface area contributed by atoms with E-state index in [1.165, 1.54) is 0 Å². The largest absolute Gasteiger partial charge is 0.479 e. The van der Waals surface area contributed by atoms with Crippen molar-refractivity contribution in [3.8, 4) is 0 Å². The van der Waals surface area contributed by atoms with Crippen LogP contribution in [0, 0.1) is 5.92 Å². The lowest BCUT2D eigenvalue weighted by Gasteiger charge is -2.32. The number of likely N-dealkylation sites (tertiary alicyclic amines) is 1. The molecule has 0 spiro atoms. The molecule has 2 heterocycles. The van der Waals surface area contributed by atoms with Gasteiger partial charge in [0.05, 0.1) is 19.1 Å². The molecule has 1 N–H and O–H groups in total. The highest BCUT2D eigenvalue weighted by molar-refractivity contribution is 5.81. The summed E-state index contributed by atoms with van der Waals surface area (Å²) in [6.45, 7) is 2.69. The van der Waals surface area contributed by atoms with Crippen molar-refractivity contribution < 1.29 is 19.4 Å². The van der Waals surface area contributed by atoms with Gasteiger partial charge in [0.15, 0.2) is 6.10 Å². The summed E-state index contributed by atoms with van der Waals surface area (Å²) in [6.07, 6.45) is -0.00317. The van der Waals surface area contributed by atoms with E-state index in [1.54, 1.807) is 4.90 Å². The van der Waals surface area contributed by atoms with Gasteiger partial charge in [-0.05, 0) is 20.0 Å². The average molecular weight is 242 g/mol. The lowest BCUT2D eigenvalue weighted by Crippen LogP contribution is -2.50. The van der Waals surface area contributed by atoms with Crippen LogP contribution in [-0.2, 0) is 14.3 Å². The van der Waals surface area contributed by atoms with E-state index in [4.69, 9.17) is 9.84 Å². The molecule has 2 saturated heterocycles. The number of hydrogen-bond acceptors (Lipinski definition) is 4. The van der Waals surface area contributed by atoms with Crippen molar-refractivity contribution in [3.05, 3.63) is 0 Å². The Kier molecular flexibility index (Phi) is 3.63. The van der Waals surface area contributed by atoms with Gasteiger partial charge in [0.25, 0.3) is 0 Å². The summed E-state index contributed by atoms with van der Waals surface area (Å²) in [5.41, 5.74) is 0. The van der Waals surface area contributed by atoms with Gasteiger partial charge in [-0.15, -0.1) is 0 Å². The average Bonchev–Trinajstić information content (AvgIpc) is 2.75. The molecule has 0 aromatic heterocycles. The van der Waals surface area contributed by atoms with Gasteiger partial charge < -0.3 is 19.6 Å². The molecular weight excluding hydrogens is 224 g/mol. The van der Waals surface area contributed by atoms with Crippen LogP contribution in [0.1, 0.15) is 6.42 Å². The van der Waals surface area contributed by atoms with Crippen molar-refractivity contribution in [2.45, 2.75) is 12.5 Å². The summed E-state index contributed by atoms with van der Waals surface area (Å²) in [7, 11) is 1.99. The predicted molar refractivity (Wildman–Crippen MR) is 59.6 cm³/mol. The predicted octanol–water partition coefficient (Wildman–Crippen LogP) is -0.750. The fourth-order valence-electron chi connectivity index (χ4n) is 2.39. The van der Waals surface area contributed by atoms with Gasteiger partial charge in [-0.3, -0.25) is 4.79 Å². The van der Waals surface area contributed by atoms with E-state index >= 15 is 0 Å². The maximum atomic E-state index is 12.2. The molecule has 0 aromatic rings. The third-order valence-electron chi connectivity index (χ3n) is 3.39. The molecule has 1 amide bonds. The third kappa shape index (κ3) is 2.76. The number of nitrogens with zero attached hydrogens (tertiary/aromatic N) is 2. The van der Waals surface area contributed by atoms with E-state index in [2.05, 4.69) is 4.90 Å². The first-order valence-corrected chi connectivity index (χ1v) is 5.89. The van der Waals surface area contributed by atoms with Crippen LogP contribution in [0.25, 0.3) is 0 Å². The van der Waals surface area contributed by atoms with E-state index in [1.807, 2.05) is 7.05 Å². The zero-order valence-electron chi connectivity index (χ0n) is 9.96. The molecule has 2 unspecified atom stereocenters. The Balaban J connectivity index is 1.93. The molecule has 96 valence electrons. The molecule has 2 fully saturated rings. The minimum Gasteiger partial charge on any atom is -0.479 e. The zero-order valence-corrected chi connectivity index (χ0v) is 9.96. The molecule has 2 aliphatic heterocycles. The summed E-state index contributed by atoms with van der Waals surface area (Å²) in [4.78, 5) is 26.7. The monoisotopic (exact) mass is 242 g/mol. The number of ether oxygens (including phenoxy) is 1. The zero-order chi connectivity index (χ0) is 12.4. The van der Waals surface area contributed by atoms with E-state index in [-0.39, 0.29) is 18.4 Å². The smallest absolute Gasteiger partial charge is 0.334 e. The lowest BCUT2D eigenvalue weighted by atomic mass is 10.1. The molecule has 6 nitrogen and oxygen atoms in total. The number of hydrogen-bond donors (Lipinski definition) is 1. The molecule has 2 aliphatic rings. The van der Waals surface area contributed by atoms with Crippen molar-refractivity contribution in [3.63, 3.8) is 0 Å². The van der Waals surface area contributed by atoms with E-state index in [0.29, 0.717) is 13.2 Å². The number of morpholine rings is 1. The maximum Gasteiger partial charge on any atom is 0.334 e. The van der Waals surface area contributed by atoms with Crippen molar-refractivity contribution in [2.75, 3.05) is 39.8 Å². The minimum atomic E-state index is -0.994. The van der Waals surface area contributed by atoms with Gasteiger partial charge >= 0.3 is 5.97 Å². The number of rotatable bonds is 2. The van der Waals surface area contributed by atoms with Crippen LogP contribution in [0.4, 0.5) is 0 Å². The van der Waals surface area contributed by atoms with Gasteiger partial charge in [-0.2, -0.15) is 0 Å². The van der Waals surface area contributed by atoms with Gasteiger partial charge in [-0.25, -0.2) is 4.79 Å². The quantitative estimate of drug-likeness (QED) is 0.690. The molecule has 0 aliphatic carbocycles. The van der Waals surface area contributed by atoms with Crippen LogP contribution < -0.4 is 0 Å². The lowest BCUT2D eigenvalue weighted by molar-refractivity contribution is -0.160. The fraction of sp³-hybridized carbons (Fsp3) is 0.818. The summed E-state index contributed by atoms with van der Waals surface area (Å²) in [5, 5.41) is 8.87. The van der Waals surface area contributed by atoms with E-state index < -0.39 is 12.1 Å². The van der Waals surface area contributed by atoms with E-state index in [0.717, 1.165) is 19.5 Å². The number of carboxylic acids is 1. The summed E-state index contributed by atoms with van der Waals surface area (Å²) in [6, 6.07) is 0. The number of amides is 1. The molecule has 0 radical (unpaired) electrons. The van der Waals surface area contributed by atoms with Crippen molar-refractivity contribution in [2.24, 2.45) is 5.92 Å². The normalized spacial score (nSPS) is 30.5. The number of carbonyl (C=O) groups is 2. The van der Waals surface area contributed by atoms with Gasteiger partial charge in [0.2, 0.25) is 5.91 Å². The molecule has 6 heteroatoms.